The molecule has 0 aliphatic carbocycles. The normalized spacial score (nSPS) is 14.4. The van der Waals surface area contributed by atoms with Crippen molar-refractivity contribution in [3.8, 4) is 0 Å². The lowest BCUT2D eigenvalue weighted by Crippen LogP contribution is -2.51. The van der Waals surface area contributed by atoms with Crippen molar-refractivity contribution in [1.29, 1.82) is 0 Å². The van der Waals surface area contributed by atoms with Gasteiger partial charge in [-0.15, -0.1) is 0 Å². The first-order valence-corrected chi connectivity index (χ1v) is 13.0. The molecule has 0 radical (unpaired) electrons. The van der Waals surface area contributed by atoms with Crippen LogP contribution in [0.3, 0.4) is 0 Å². The highest BCUT2D eigenvalue weighted by Gasteiger charge is 2.27. The Morgan fingerprint density at radius 3 is 2.23 bits per heavy atom. The van der Waals surface area contributed by atoms with Gasteiger partial charge in [-0.25, -0.2) is 8.42 Å². The van der Waals surface area contributed by atoms with Crippen molar-refractivity contribution >= 4 is 32.6 Å². The van der Waals surface area contributed by atoms with E-state index in [1.807, 2.05) is 30.3 Å². The predicted molar refractivity (Wildman–Crippen MR) is 130 cm³/mol. The number of hydrogen-bond donors (Lipinski definition) is 0. The molecule has 5 rings (SSSR count). The lowest BCUT2D eigenvalue weighted by Gasteiger charge is -2.34. The molecule has 2 aromatic heterocycles. The van der Waals surface area contributed by atoms with E-state index in [0.717, 1.165) is 0 Å². The van der Waals surface area contributed by atoms with Crippen molar-refractivity contribution in [3.05, 3.63) is 90.5 Å². The van der Waals surface area contributed by atoms with Gasteiger partial charge in [-0.1, -0.05) is 48.5 Å². The summed E-state index contributed by atoms with van der Waals surface area (Å²) < 4.78 is 33.4. The zero-order valence-electron chi connectivity index (χ0n) is 19.0. The third kappa shape index (κ3) is 4.72. The third-order valence-electron chi connectivity index (χ3n) is 6.24. The zero-order valence-corrected chi connectivity index (χ0v) is 19.9. The summed E-state index contributed by atoms with van der Waals surface area (Å²) in [6.07, 6.45) is 3.03. The highest BCUT2D eigenvalue weighted by atomic mass is 32.2. The number of piperazine rings is 1. The van der Waals surface area contributed by atoms with Crippen LogP contribution in [0.1, 0.15) is 16.1 Å². The Hall–Kier alpha value is -3.85. The molecule has 0 spiro atoms. The van der Waals surface area contributed by atoms with Crippen molar-refractivity contribution in [2.24, 2.45) is 0 Å². The zero-order chi connectivity index (χ0) is 24.4. The SMILES string of the molecule is O=C(Cn1cc(S(=O)(=O)Cc2ccccc2)c2ccccc21)N1CCN(C(=O)c2ccco2)CC1. The van der Waals surface area contributed by atoms with Crippen LogP contribution in [0, 0.1) is 0 Å². The summed E-state index contributed by atoms with van der Waals surface area (Å²) in [5, 5.41) is 0.602. The number of benzene rings is 2. The molecule has 0 saturated carbocycles. The largest absolute Gasteiger partial charge is 0.459 e. The van der Waals surface area contributed by atoms with E-state index in [-0.39, 0.29) is 34.8 Å². The average molecular weight is 492 g/mol. The van der Waals surface area contributed by atoms with Crippen molar-refractivity contribution in [2.75, 3.05) is 26.2 Å². The molecule has 180 valence electrons. The molecule has 1 aliphatic heterocycles. The molecule has 0 unspecified atom stereocenters. The number of nitrogens with zero attached hydrogens (tertiary/aromatic N) is 3. The molecule has 4 aromatic rings. The quantitative estimate of drug-likeness (QED) is 0.413. The minimum absolute atomic E-state index is 0.0213. The predicted octanol–water partition coefficient (Wildman–Crippen LogP) is 3.19. The molecule has 0 N–H and O–H groups in total. The Kier molecular flexibility index (Phi) is 6.17. The molecular weight excluding hydrogens is 466 g/mol. The fourth-order valence-electron chi connectivity index (χ4n) is 4.42. The van der Waals surface area contributed by atoms with E-state index in [1.54, 1.807) is 57.0 Å². The molecule has 8 nitrogen and oxygen atoms in total. The van der Waals surface area contributed by atoms with Crippen LogP contribution in [-0.4, -0.2) is 60.8 Å². The monoisotopic (exact) mass is 491 g/mol. The summed E-state index contributed by atoms with van der Waals surface area (Å²) in [7, 11) is -3.62. The Morgan fingerprint density at radius 1 is 0.829 bits per heavy atom. The molecule has 2 amide bonds. The van der Waals surface area contributed by atoms with Crippen molar-refractivity contribution < 1.29 is 22.4 Å². The number of aromatic nitrogens is 1. The maximum Gasteiger partial charge on any atom is 0.289 e. The molecule has 9 heteroatoms. The second-order valence-corrected chi connectivity index (χ2v) is 10.5. The van der Waals surface area contributed by atoms with Gasteiger partial charge in [0, 0.05) is 43.3 Å². The smallest absolute Gasteiger partial charge is 0.289 e. The van der Waals surface area contributed by atoms with Crippen LogP contribution >= 0.6 is 0 Å². The number of amides is 2. The summed E-state index contributed by atoms with van der Waals surface area (Å²) in [6, 6.07) is 19.6. The van der Waals surface area contributed by atoms with Crippen molar-refractivity contribution in [1.82, 2.24) is 14.4 Å². The van der Waals surface area contributed by atoms with Gasteiger partial charge in [-0.3, -0.25) is 9.59 Å². The van der Waals surface area contributed by atoms with Gasteiger partial charge in [0.05, 0.1) is 16.9 Å². The van der Waals surface area contributed by atoms with Gasteiger partial charge in [-0.05, 0) is 23.8 Å². The number of rotatable bonds is 6. The van der Waals surface area contributed by atoms with Gasteiger partial charge in [-0.2, -0.15) is 0 Å². The minimum Gasteiger partial charge on any atom is -0.459 e. The number of carbonyl (C=O) groups excluding carboxylic acids is 2. The van der Waals surface area contributed by atoms with Gasteiger partial charge in [0.15, 0.2) is 15.6 Å². The van der Waals surface area contributed by atoms with Gasteiger partial charge < -0.3 is 18.8 Å². The summed E-state index contributed by atoms with van der Waals surface area (Å²) in [4.78, 5) is 29.2. The number of hydrogen-bond acceptors (Lipinski definition) is 5. The first-order valence-electron chi connectivity index (χ1n) is 11.4. The molecule has 1 aliphatic rings. The standard InChI is InChI=1S/C26H25N3O5S/c30-25(27-12-14-28(15-13-27)26(31)23-11-6-16-34-23)18-29-17-24(21-9-4-5-10-22(21)29)35(32,33)19-20-7-2-1-3-8-20/h1-11,16-17H,12-15,18-19H2. The van der Waals surface area contributed by atoms with Crippen LogP contribution < -0.4 is 0 Å². The van der Waals surface area contributed by atoms with Crippen LogP contribution in [0.15, 0.2) is 88.5 Å². The molecule has 1 saturated heterocycles. The summed E-state index contributed by atoms with van der Waals surface area (Å²) in [5.41, 5.74) is 1.40. The van der Waals surface area contributed by atoms with E-state index in [0.29, 0.717) is 42.6 Å². The van der Waals surface area contributed by atoms with Crippen LogP contribution in [0.5, 0.6) is 0 Å². The van der Waals surface area contributed by atoms with Gasteiger partial charge in [0.2, 0.25) is 5.91 Å². The highest BCUT2D eigenvalue weighted by Crippen LogP contribution is 2.28. The van der Waals surface area contributed by atoms with Crippen molar-refractivity contribution in [3.63, 3.8) is 0 Å². The summed E-state index contributed by atoms with van der Waals surface area (Å²) in [6.45, 7) is 1.66. The Bertz CT molecular complexity index is 1450. The molecular formula is C26H25N3O5S. The highest BCUT2D eigenvalue weighted by molar-refractivity contribution is 7.90. The number of sulfone groups is 1. The van der Waals surface area contributed by atoms with Crippen molar-refractivity contribution in [2.45, 2.75) is 17.2 Å². The lowest BCUT2D eigenvalue weighted by molar-refractivity contribution is -0.133. The number of para-hydroxylation sites is 1. The van der Waals surface area contributed by atoms with Gasteiger partial charge >= 0.3 is 0 Å². The third-order valence-corrected chi connectivity index (χ3v) is 7.95. The first-order chi connectivity index (χ1) is 16.9. The van der Waals surface area contributed by atoms with E-state index >= 15 is 0 Å². The van der Waals surface area contributed by atoms with E-state index in [2.05, 4.69) is 0 Å². The summed E-state index contributed by atoms with van der Waals surface area (Å²) >= 11 is 0. The van der Waals surface area contributed by atoms with Crippen LogP contribution in [0.2, 0.25) is 0 Å². The van der Waals surface area contributed by atoms with E-state index in [1.165, 1.54) is 6.26 Å². The Morgan fingerprint density at radius 2 is 1.51 bits per heavy atom. The Balaban J connectivity index is 1.32. The average Bonchev–Trinajstić information content (AvgIpc) is 3.53. The number of fused-ring (bicyclic) bond motifs is 1. The molecule has 2 aromatic carbocycles. The van der Waals surface area contributed by atoms with E-state index < -0.39 is 9.84 Å². The molecule has 3 heterocycles. The second-order valence-electron chi connectivity index (χ2n) is 8.53. The lowest BCUT2D eigenvalue weighted by atomic mass is 10.2. The number of carbonyl (C=O) groups is 2. The number of furan rings is 1. The topological polar surface area (TPSA) is 92.8 Å². The molecule has 35 heavy (non-hydrogen) atoms. The molecule has 0 atom stereocenters. The second kappa shape index (κ2) is 9.42. The van der Waals surface area contributed by atoms with Gasteiger partial charge in [0.1, 0.15) is 6.54 Å². The maximum absolute atomic E-state index is 13.3. The fraction of sp³-hybridized carbons (Fsp3) is 0.231. The minimum atomic E-state index is -3.62. The van der Waals surface area contributed by atoms with E-state index in [4.69, 9.17) is 4.42 Å². The van der Waals surface area contributed by atoms with Gasteiger partial charge in [0.25, 0.3) is 5.91 Å². The van der Waals surface area contributed by atoms with E-state index in [9.17, 15) is 18.0 Å². The summed E-state index contributed by atoms with van der Waals surface area (Å²) in [5.74, 6) is -0.135. The fourth-order valence-corrected chi connectivity index (χ4v) is 6.01. The molecule has 1 fully saturated rings. The molecule has 0 bridgehead atoms. The van der Waals surface area contributed by atoms with Crippen LogP contribution in [-0.2, 0) is 26.9 Å². The van der Waals surface area contributed by atoms with Crippen LogP contribution in [0.4, 0.5) is 0 Å². The first kappa shape index (κ1) is 22.9. The van der Waals surface area contributed by atoms with Crippen LogP contribution in [0.25, 0.3) is 10.9 Å². The Labute approximate surface area is 203 Å². The maximum atomic E-state index is 13.3.